The van der Waals surface area contributed by atoms with Crippen LogP contribution in [0.3, 0.4) is 0 Å². The van der Waals surface area contributed by atoms with Gasteiger partial charge in [-0.1, -0.05) is 13.0 Å². The number of aliphatic hydroxyl groups is 1. The van der Waals surface area contributed by atoms with E-state index in [2.05, 4.69) is 15.9 Å². The summed E-state index contributed by atoms with van der Waals surface area (Å²) >= 11 is 3.43. The van der Waals surface area contributed by atoms with Crippen molar-refractivity contribution in [2.24, 2.45) is 0 Å². The largest absolute Gasteiger partial charge is 0.492 e. The minimum Gasteiger partial charge on any atom is -0.492 e. The Kier molecular flexibility index (Phi) is 7.62. The Morgan fingerprint density at radius 3 is 2.75 bits per heavy atom. The maximum absolute atomic E-state index is 10.4. The Balaban J connectivity index is 2.49. The van der Waals surface area contributed by atoms with Gasteiger partial charge in [0.25, 0.3) is 0 Å². The van der Waals surface area contributed by atoms with Gasteiger partial charge in [-0.25, -0.2) is 0 Å². The predicted molar refractivity (Wildman–Crippen MR) is 81.0 cm³/mol. The van der Waals surface area contributed by atoms with Crippen molar-refractivity contribution < 1.29 is 19.7 Å². The van der Waals surface area contributed by atoms with E-state index in [1.165, 1.54) is 0 Å². The molecule has 2 N–H and O–H groups in total. The Hall–Kier alpha value is -1.07. The molecule has 1 aromatic rings. The third-order valence-corrected chi connectivity index (χ3v) is 3.54. The van der Waals surface area contributed by atoms with E-state index in [0.717, 1.165) is 22.2 Å². The molecule has 0 bridgehead atoms. The highest BCUT2D eigenvalue weighted by Crippen LogP contribution is 2.30. The van der Waals surface area contributed by atoms with Crippen LogP contribution in [0.15, 0.2) is 22.7 Å². The highest BCUT2D eigenvalue weighted by molar-refractivity contribution is 9.10. The molecule has 0 aliphatic heterocycles. The molecule has 0 saturated heterocycles. The first-order valence-corrected chi connectivity index (χ1v) is 7.66. The third kappa shape index (κ3) is 5.92. The molecule has 0 aliphatic carbocycles. The molecule has 0 aliphatic rings. The standard InChI is InChI=1S/C15H21BrO4/c1-2-9-20-14-8-7-11(10-12(14)16)13(17)5-3-4-6-15(18)19/h7-8,10,13,17H,2-6,9H2,1H3,(H,18,19). The summed E-state index contributed by atoms with van der Waals surface area (Å²) < 4.78 is 6.38. The molecule has 1 unspecified atom stereocenters. The lowest BCUT2D eigenvalue weighted by molar-refractivity contribution is -0.137. The zero-order valence-electron chi connectivity index (χ0n) is 11.6. The van der Waals surface area contributed by atoms with Gasteiger partial charge in [0.2, 0.25) is 0 Å². The number of aliphatic carboxylic acids is 1. The zero-order valence-corrected chi connectivity index (χ0v) is 13.2. The average Bonchev–Trinajstić information content (AvgIpc) is 2.41. The van der Waals surface area contributed by atoms with Crippen LogP contribution >= 0.6 is 15.9 Å². The van der Waals surface area contributed by atoms with Crippen molar-refractivity contribution in [2.75, 3.05) is 6.61 Å². The normalized spacial score (nSPS) is 12.2. The smallest absolute Gasteiger partial charge is 0.303 e. The predicted octanol–water partition coefficient (Wildman–Crippen LogP) is 3.92. The Morgan fingerprint density at radius 2 is 2.15 bits per heavy atom. The minimum absolute atomic E-state index is 0.153. The summed E-state index contributed by atoms with van der Waals surface area (Å²) in [6.07, 6.45) is 2.38. The fourth-order valence-corrected chi connectivity index (χ4v) is 2.34. The Morgan fingerprint density at radius 1 is 1.40 bits per heavy atom. The molecular formula is C15H21BrO4. The molecule has 0 spiro atoms. The van der Waals surface area contributed by atoms with Gasteiger partial charge in [-0.05, 0) is 59.3 Å². The van der Waals surface area contributed by atoms with Crippen molar-refractivity contribution in [1.82, 2.24) is 0 Å². The van der Waals surface area contributed by atoms with Gasteiger partial charge < -0.3 is 14.9 Å². The Bertz CT molecular complexity index is 434. The van der Waals surface area contributed by atoms with Crippen LogP contribution in [0, 0.1) is 0 Å². The number of halogens is 1. The molecule has 0 radical (unpaired) electrons. The summed E-state index contributed by atoms with van der Waals surface area (Å²) in [6, 6.07) is 5.54. The number of rotatable bonds is 9. The van der Waals surface area contributed by atoms with E-state index in [9.17, 15) is 9.90 Å². The van der Waals surface area contributed by atoms with Crippen LogP contribution in [0.4, 0.5) is 0 Å². The number of carboxylic acid groups (broad SMARTS) is 1. The summed E-state index contributed by atoms with van der Waals surface area (Å²) in [5.74, 6) is -0.0201. The maximum Gasteiger partial charge on any atom is 0.303 e. The monoisotopic (exact) mass is 344 g/mol. The molecule has 5 heteroatoms. The first-order chi connectivity index (χ1) is 9.54. The quantitative estimate of drug-likeness (QED) is 0.666. The van der Waals surface area contributed by atoms with E-state index in [4.69, 9.17) is 9.84 Å². The number of carbonyl (C=O) groups is 1. The first kappa shape index (κ1) is 17.0. The summed E-state index contributed by atoms with van der Waals surface area (Å²) in [5, 5.41) is 18.6. The van der Waals surface area contributed by atoms with Crippen LogP contribution in [-0.2, 0) is 4.79 Å². The van der Waals surface area contributed by atoms with E-state index >= 15 is 0 Å². The molecule has 20 heavy (non-hydrogen) atoms. The van der Waals surface area contributed by atoms with Crippen LogP contribution in [0.25, 0.3) is 0 Å². The lowest BCUT2D eigenvalue weighted by Crippen LogP contribution is -2.01. The first-order valence-electron chi connectivity index (χ1n) is 6.86. The van der Waals surface area contributed by atoms with Crippen molar-refractivity contribution in [2.45, 2.75) is 45.1 Å². The Labute approximate surface area is 127 Å². The van der Waals surface area contributed by atoms with Gasteiger partial charge in [0, 0.05) is 6.42 Å². The summed E-state index contributed by atoms with van der Waals surface area (Å²) in [5.41, 5.74) is 0.816. The van der Waals surface area contributed by atoms with Gasteiger partial charge >= 0.3 is 5.97 Å². The molecule has 0 amide bonds. The van der Waals surface area contributed by atoms with Crippen LogP contribution in [-0.4, -0.2) is 22.8 Å². The van der Waals surface area contributed by atoms with Gasteiger partial charge in [0.15, 0.2) is 0 Å². The highest BCUT2D eigenvalue weighted by Gasteiger charge is 2.10. The number of carboxylic acids is 1. The number of ether oxygens (including phenoxy) is 1. The van der Waals surface area contributed by atoms with Crippen LogP contribution in [0.1, 0.15) is 50.7 Å². The molecule has 0 saturated carbocycles. The second kappa shape index (κ2) is 8.97. The van der Waals surface area contributed by atoms with Gasteiger partial charge in [0.05, 0.1) is 17.2 Å². The topological polar surface area (TPSA) is 66.8 Å². The molecule has 1 atom stereocenters. The van der Waals surface area contributed by atoms with Crippen molar-refractivity contribution in [1.29, 1.82) is 0 Å². The maximum atomic E-state index is 10.4. The van der Waals surface area contributed by atoms with Gasteiger partial charge in [-0.15, -0.1) is 0 Å². The summed E-state index contributed by atoms with van der Waals surface area (Å²) in [7, 11) is 0. The molecule has 0 heterocycles. The fourth-order valence-electron chi connectivity index (χ4n) is 1.83. The van der Waals surface area contributed by atoms with Crippen LogP contribution < -0.4 is 4.74 Å². The van der Waals surface area contributed by atoms with E-state index in [1.807, 2.05) is 25.1 Å². The highest BCUT2D eigenvalue weighted by atomic mass is 79.9. The van der Waals surface area contributed by atoms with E-state index in [1.54, 1.807) is 0 Å². The second-order valence-corrected chi connectivity index (χ2v) is 5.55. The van der Waals surface area contributed by atoms with E-state index in [0.29, 0.717) is 25.9 Å². The van der Waals surface area contributed by atoms with Gasteiger partial charge in [0.1, 0.15) is 5.75 Å². The molecule has 4 nitrogen and oxygen atoms in total. The van der Waals surface area contributed by atoms with Crippen molar-refractivity contribution in [3.8, 4) is 5.75 Å². The lowest BCUT2D eigenvalue weighted by Gasteiger charge is -2.13. The van der Waals surface area contributed by atoms with Crippen molar-refractivity contribution in [3.63, 3.8) is 0 Å². The molecular weight excluding hydrogens is 324 g/mol. The molecule has 112 valence electrons. The average molecular weight is 345 g/mol. The van der Waals surface area contributed by atoms with E-state index < -0.39 is 12.1 Å². The second-order valence-electron chi connectivity index (χ2n) is 4.69. The lowest BCUT2D eigenvalue weighted by atomic mass is 10.0. The minimum atomic E-state index is -0.792. The third-order valence-electron chi connectivity index (χ3n) is 2.92. The van der Waals surface area contributed by atoms with Crippen molar-refractivity contribution in [3.05, 3.63) is 28.2 Å². The number of aliphatic hydroxyl groups excluding tert-OH is 1. The molecule has 1 rings (SSSR count). The van der Waals surface area contributed by atoms with Crippen LogP contribution in [0.5, 0.6) is 5.75 Å². The molecule has 0 aromatic heterocycles. The summed E-state index contributed by atoms with van der Waals surface area (Å²) in [4.78, 5) is 10.4. The van der Waals surface area contributed by atoms with Crippen LogP contribution in [0.2, 0.25) is 0 Å². The van der Waals surface area contributed by atoms with E-state index in [-0.39, 0.29) is 6.42 Å². The number of hydrogen-bond donors (Lipinski definition) is 2. The molecule has 1 aromatic carbocycles. The zero-order chi connectivity index (χ0) is 15.0. The summed E-state index contributed by atoms with van der Waals surface area (Å²) in [6.45, 7) is 2.71. The number of benzene rings is 1. The van der Waals surface area contributed by atoms with Gasteiger partial charge in [-0.3, -0.25) is 4.79 Å². The van der Waals surface area contributed by atoms with Crippen molar-refractivity contribution >= 4 is 21.9 Å². The number of unbranched alkanes of at least 4 members (excludes halogenated alkanes) is 1. The SMILES string of the molecule is CCCOc1ccc(C(O)CCCCC(=O)O)cc1Br. The number of hydrogen-bond acceptors (Lipinski definition) is 3. The molecule has 0 fully saturated rings. The van der Waals surface area contributed by atoms with Gasteiger partial charge in [-0.2, -0.15) is 0 Å². The fraction of sp³-hybridized carbons (Fsp3) is 0.533.